The van der Waals surface area contributed by atoms with Crippen LogP contribution in [0.5, 0.6) is 5.88 Å². The average Bonchev–Trinajstić information content (AvgIpc) is 2.15. The Labute approximate surface area is 83.7 Å². The van der Waals surface area contributed by atoms with Gasteiger partial charge >= 0.3 is 0 Å². The maximum absolute atomic E-state index is 12.5. The highest BCUT2D eigenvalue weighted by atomic mass is 35.5. The molecule has 0 aliphatic heterocycles. The molecule has 0 unspecified atom stereocenters. The van der Waals surface area contributed by atoms with E-state index in [4.69, 9.17) is 11.6 Å². The van der Waals surface area contributed by atoms with Gasteiger partial charge in [-0.1, -0.05) is 0 Å². The van der Waals surface area contributed by atoms with Gasteiger partial charge in [-0.2, -0.15) is 0 Å². The zero-order valence-electron chi connectivity index (χ0n) is 7.31. The van der Waals surface area contributed by atoms with E-state index in [2.05, 4.69) is 9.72 Å². The van der Waals surface area contributed by atoms with Crippen LogP contribution < -0.4 is 10.3 Å². The molecule has 0 atom stereocenters. The van der Waals surface area contributed by atoms with Crippen molar-refractivity contribution in [3.05, 3.63) is 27.5 Å². The number of H-pyrrole nitrogens is 1. The molecule has 0 aliphatic rings. The minimum Gasteiger partial charge on any atom is -0.482 e. The lowest BCUT2D eigenvalue weighted by molar-refractivity contribution is 0.145. The summed E-state index contributed by atoms with van der Waals surface area (Å²) in [5.74, 6) is -0.386. The lowest BCUT2D eigenvalue weighted by Crippen LogP contribution is -2.11. The van der Waals surface area contributed by atoms with E-state index in [1.54, 1.807) is 0 Å². The number of hydrogen-bond acceptors (Lipinski definition) is 2. The van der Waals surface area contributed by atoms with Gasteiger partial charge in [0.1, 0.15) is 0 Å². The van der Waals surface area contributed by atoms with Crippen molar-refractivity contribution in [3.8, 4) is 5.88 Å². The van der Waals surface area contributed by atoms with Gasteiger partial charge < -0.3 is 4.74 Å². The number of hydrogen-bond donors (Lipinski definition) is 1. The van der Waals surface area contributed by atoms with Crippen LogP contribution in [0.4, 0.5) is 8.78 Å². The molecule has 6 heteroatoms. The van der Waals surface area contributed by atoms with Gasteiger partial charge in [0, 0.05) is 11.9 Å². The zero-order chi connectivity index (χ0) is 10.7. The Hall–Kier alpha value is -1.10. The summed E-state index contributed by atoms with van der Waals surface area (Å²) in [7, 11) is 1.20. The third-order valence-electron chi connectivity index (χ3n) is 1.70. The van der Waals surface area contributed by atoms with Crippen LogP contribution in [0.15, 0.2) is 10.9 Å². The molecule has 0 radical (unpaired) electrons. The van der Waals surface area contributed by atoms with Crippen LogP contribution in [0.2, 0.25) is 0 Å². The van der Waals surface area contributed by atoms with Crippen LogP contribution in [0.1, 0.15) is 17.6 Å². The van der Waals surface area contributed by atoms with E-state index in [0.29, 0.717) is 0 Å². The molecule has 78 valence electrons. The highest BCUT2D eigenvalue weighted by molar-refractivity contribution is 6.17. The molecule has 14 heavy (non-hydrogen) atoms. The smallest absolute Gasteiger partial charge is 0.269 e. The number of aromatic amines is 1. The molecule has 1 rings (SSSR count). The van der Waals surface area contributed by atoms with Crippen LogP contribution in [0, 0.1) is 0 Å². The Bertz CT molecular complexity index is 350. The summed E-state index contributed by atoms with van der Waals surface area (Å²) in [6, 6.07) is 1.04. The molecule has 0 saturated heterocycles. The van der Waals surface area contributed by atoms with Crippen molar-refractivity contribution in [2.45, 2.75) is 12.3 Å². The minimum absolute atomic E-state index is 0.0854. The van der Waals surface area contributed by atoms with E-state index in [-0.39, 0.29) is 22.9 Å². The highest BCUT2D eigenvalue weighted by Crippen LogP contribution is 2.29. The summed E-state index contributed by atoms with van der Waals surface area (Å²) in [6.07, 6.45) is -2.73. The molecule has 0 fully saturated rings. The minimum atomic E-state index is -2.73. The van der Waals surface area contributed by atoms with Gasteiger partial charge in [0.05, 0.1) is 12.7 Å². The van der Waals surface area contributed by atoms with Crippen molar-refractivity contribution in [3.63, 3.8) is 0 Å². The first-order valence-corrected chi connectivity index (χ1v) is 4.27. The van der Waals surface area contributed by atoms with Crippen LogP contribution >= 0.6 is 11.6 Å². The van der Waals surface area contributed by atoms with Crippen molar-refractivity contribution in [2.75, 3.05) is 7.11 Å². The second-order valence-corrected chi connectivity index (χ2v) is 2.81. The summed E-state index contributed by atoms with van der Waals surface area (Å²) in [5.41, 5.74) is -0.786. The predicted molar refractivity (Wildman–Crippen MR) is 48.1 cm³/mol. The van der Waals surface area contributed by atoms with Gasteiger partial charge in [0.2, 0.25) is 5.88 Å². The van der Waals surface area contributed by atoms with E-state index < -0.39 is 12.0 Å². The Morgan fingerprint density at radius 3 is 2.71 bits per heavy atom. The third kappa shape index (κ3) is 2.04. The Balaban J connectivity index is 3.40. The number of pyridine rings is 1. The molecule has 1 N–H and O–H groups in total. The second-order valence-electron chi connectivity index (χ2n) is 2.54. The summed E-state index contributed by atoms with van der Waals surface area (Å²) in [5, 5.41) is 0. The maximum Gasteiger partial charge on any atom is 0.269 e. The summed E-state index contributed by atoms with van der Waals surface area (Å²) >= 11 is 5.44. The van der Waals surface area contributed by atoms with Gasteiger partial charge in [-0.05, 0) is 5.56 Å². The molecule has 0 saturated carbocycles. The van der Waals surface area contributed by atoms with Crippen molar-refractivity contribution in [2.24, 2.45) is 0 Å². The Morgan fingerprint density at radius 2 is 2.29 bits per heavy atom. The van der Waals surface area contributed by atoms with Gasteiger partial charge in [-0.25, -0.2) is 8.78 Å². The number of alkyl halides is 3. The fourth-order valence-electron chi connectivity index (χ4n) is 1.11. The van der Waals surface area contributed by atoms with Crippen LogP contribution in [0.25, 0.3) is 0 Å². The monoisotopic (exact) mass is 223 g/mol. The molecule has 0 aromatic carbocycles. The van der Waals surface area contributed by atoms with E-state index in [1.165, 1.54) is 7.11 Å². The van der Waals surface area contributed by atoms with Gasteiger partial charge in [0.15, 0.2) is 0 Å². The molecule has 0 bridgehead atoms. The number of aromatic nitrogens is 1. The fourth-order valence-corrected chi connectivity index (χ4v) is 1.33. The summed E-state index contributed by atoms with van der Waals surface area (Å²) < 4.78 is 29.7. The molecule has 0 aliphatic carbocycles. The first-order chi connectivity index (χ1) is 6.60. The standard InChI is InChI=1S/C8H8ClF2NO2/c1-14-8-6(7(10)11)4(3-9)2-5(13)12-8/h2,7H,3H2,1H3,(H,12,13). The van der Waals surface area contributed by atoms with E-state index in [9.17, 15) is 13.6 Å². The molecule has 0 amide bonds. The van der Waals surface area contributed by atoms with E-state index in [0.717, 1.165) is 6.07 Å². The molecule has 1 heterocycles. The van der Waals surface area contributed by atoms with Crippen LogP contribution in [0.3, 0.4) is 0 Å². The maximum atomic E-state index is 12.5. The highest BCUT2D eigenvalue weighted by Gasteiger charge is 2.19. The molecule has 1 aromatic rings. The zero-order valence-corrected chi connectivity index (χ0v) is 8.07. The molecular weight excluding hydrogens is 216 g/mol. The van der Waals surface area contributed by atoms with Crippen molar-refractivity contribution >= 4 is 11.6 Å². The third-order valence-corrected chi connectivity index (χ3v) is 1.99. The Morgan fingerprint density at radius 1 is 1.64 bits per heavy atom. The van der Waals surface area contributed by atoms with E-state index >= 15 is 0 Å². The lowest BCUT2D eigenvalue weighted by atomic mass is 10.1. The van der Waals surface area contributed by atoms with Gasteiger partial charge in [0.25, 0.3) is 12.0 Å². The lowest BCUT2D eigenvalue weighted by Gasteiger charge is -2.10. The topological polar surface area (TPSA) is 42.1 Å². The first kappa shape index (κ1) is 11.0. The molecular formula is C8H8ClF2NO2. The van der Waals surface area contributed by atoms with Crippen molar-refractivity contribution in [1.29, 1.82) is 0 Å². The SMILES string of the molecule is COc1[nH]c(=O)cc(CCl)c1C(F)F. The summed E-state index contributed by atoms with van der Waals surface area (Å²) in [4.78, 5) is 13.1. The van der Waals surface area contributed by atoms with Crippen LogP contribution in [-0.4, -0.2) is 12.1 Å². The van der Waals surface area contributed by atoms with Gasteiger partial charge in [-0.3, -0.25) is 9.78 Å². The van der Waals surface area contributed by atoms with Crippen LogP contribution in [-0.2, 0) is 5.88 Å². The molecule has 3 nitrogen and oxygen atoms in total. The number of rotatable bonds is 3. The summed E-state index contributed by atoms with van der Waals surface area (Å²) in [6.45, 7) is 0. The van der Waals surface area contributed by atoms with Gasteiger partial charge in [-0.15, -0.1) is 11.6 Å². The number of nitrogens with one attached hydrogen (secondary N) is 1. The molecule has 1 aromatic heterocycles. The normalized spacial score (nSPS) is 10.6. The number of ether oxygens (including phenoxy) is 1. The fraction of sp³-hybridized carbons (Fsp3) is 0.375. The number of methoxy groups -OCH3 is 1. The molecule has 0 spiro atoms. The predicted octanol–water partition coefficient (Wildman–Crippen LogP) is 2.06. The van der Waals surface area contributed by atoms with Crippen molar-refractivity contribution in [1.82, 2.24) is 4.98 Å². The first-order valence-electron chi connectivity index (χ1n) is 3.74. The van der Waals surface area contributed by atoms with E-state index in [1.807, 2.05) is 0 Å². The second kappa shape index (κ2) is 4.41. The quantitative estimate of drug-likeness (QED) is 0.797. The average molecular weight is 224 g/mol. The Kier molecular flexibility index (Phi) is 3.46. The van der Waals surface area contributed by atoms with Crippen molar-refractivity contribution < 1.29 is 13.5 Å². The number of halogens is 3. The largest absolute Gasteiger partial charge is 0.482 e.